The summed E-state index contributed by atoms with van der Waals surface area (Å²) in [7, 11) is 1.58. The Kier molecular flexibility index (Phi) is 5.69. The summed E-state index contributed by atoms with van der Waals surface area (Å²) >= 11 is 5.65. The fraction of sp³-hybridized carbons (Fsp3) is 0.455. The van der Waals surface area contributed by atoms with Gasteiger partial charge in [-0.3, -0.25) is 0 Å². The van der Waals surface area contributed by atoms with Gasteiger partial charge in [-0.25, -0.2) is 4.39 Å². The number of methoxy groups -OCH3 is 1. The molecule has 0 bridgehead atoms. The Morgan fingerprint density at radius 2 is 2.31 bits per heavy atom. The Morgan fingerprint density at radius 3 is 2.88 bits per heavy atom. The van der Waals surface area contributed by atoms with Gasteiger partial charge in [-0.05, 0) is 12.1 Å². The zero-order chi connectivity index (χ0) is 12.0. The van der Waals surface area contributed by atoms with Crippen molar-refractivity contribution in [1.82, 2.24) is 5.32 Å². The molecule has 0 radical (unpaired) electrons. The van der Waals surface area contributed by atoms with Gasteiger partial charge in [-0.1, -0.05) is 17.7 Å². The molecule has 0 aliphatic rings. The zero-order valence-electron chi connectivity index (χ0n) is 9.04. The first kappa shape index (κ1) is 13.4. The fourth-order valence-corrected chi connectivity index (χ4v) is 1.55. The molecule has 0 saturated carbocycles. The molecule has 3 nitrogen and oxygen atoms in total. The van der Waals surface area contributed by atoms with Crippen molar-refractivity contribution in [2.75, 3.05) is 26.9 Å². The minimum absolute atomic E-state index is 0.178. The van der Waals surface area contributed by atoms with E-state index in [2.05, 4.69) is 5.32 Å². The first-order valence-electron chi connectivity index (χ1n) is 4.97. The molecule has 0 heterocycles. The molecule has 1 rings (SSSR count). The SMILES string of the molecule is COCCNC(CO)c1ccc(Cl)cc1F. The Bertz CT molecular complexity index is 336. The highest BCUT2D eigenvalue weighted by molar-refractivity contribution is 6.30. The van der Waals surface area contributed by atoms with Gasteiger partial charge in [0.25, 0.3) is 0 Å². The van der Waals surface area contributed by atoms with Crippen molar-refractivity contribution < 1.29 is 14.2 Å². The van der Waals surface area contributed by atoms with Gasteiger partial charge in [0.2, 0.25) is 0 Å². The van der Waals surface area contributed by atoms with Gasteiger partial charge in [0.1, 0.15) is 5.82 Å². The molecule has 0 amide bonds. The van der Waals surface area contributed by atoms with Crippen molar-refractivity contribution in [2.45, 2.75) is 6.04 Å². The highest BCUT2D eigenvalue weighted by Crippen LogP contribution is 2.20. The predicted octanol–water partition coefficient (Wildman–Crippen LogP) is 1.75. The van der Waals surface area contributed by atoms with Crippen molar-refractivity contribution in [1.29, 1.82) is 0 Å². The molecule has 16 heavy (non-hydrogen) atoms. The lowest BCUT2D eigenvalue weighted by Crippen LogP contribution is -2.28. The van der Waals surface area contributed by atoms with E-state index in [1.165, 1.54) is 6.07 Å². The molecular formula is C11H15ClFNO2. The molecule has 90 valence electrons. The zero-order valence-corrected chi connectivity index (χ0v) is 9.80. The van der Waals surface area contributed by atoms with Crippen LogP contribution < -0.4 is 5.32 Å². The number of aliphatic hydroxyl groups excluding tert-OH is 1. The second kappa shape index (κ2) is 6.81. The topological polar surface area (TPSA) is 41.5 Å². The van der Waals surface area contributed by atoms with Crippen LogP contribution in [0.1, 0.15) is 11.6 Å². The van der Waals surface area contributed by atoms with E-state index in [0.29, 0.717) is 23.7 Å². The summed E-state index contributed by atoms with van der Waals surface area (Å²) in [6, 6.07) is 3.96. The van der Waals surface area contributed by atoms with Crippen molar-refractivity contribution in [3.63, 3.8) is 0 Å². The second-order valence-electron chi connectivity index (χ2n) is 3.35. The van der Waals surface area contributed by atoms with E-state index < -0.39 is 11.9 Å². The van der Waals surface area contributed by atoms with Crippen LogP contribution in [-0.2, 0) is 4.74 Å². The summed E-state index contributed by atoms with van der Waals surface area (Å²) in [5.41, 5.74) is 0.406. The van der Waals surface area contributed by atoms with E-state index in [-0.39, 0.29) is 6.61 Å². The lowest BCUT2D eigenvalue weighted by Gasteiger charge is -2.17. The number of rotatable bonds is 6. The predicted molar refractivity (Wildman–Crippen MR) is 61.1 cm³/mol. The molecular weight excluding hydrogens is 233 g/mol. The summed E-state index contributed by atoms with van der Waals surface area (Å²) in [6.07, 6.45) is 0. The van der Waals surface area contributed by atoms with Crippen LogP contribution in [0.4, 0.5) is 4.39 Å². The van der Waals surface area contributed by atoms with Gasteiger partial charge in [0, 0.05) is 24.2 Å². The maximum absolute atomic E-state index is 13.5. The van der Waals surface area contributed by atoms with Gasteiger partial charge in [-0.2, -0.15) is 0 Å². The van der Waals surface area contributed by atoms with Crippen LogP contribution in [0.3, 0.4) is 0 Å². The van der Waals surface area contributed by atoms with E-state index >= 15 is 0 Å². The van der Waals surface area contributed by atoms with Crippen LogP contribution in [0.15, 0.2) is 18.2 Å². The summed E-state index contributed by atoms with van der Waals surface area (Å²) in [5.74, 6) is -0.420. The van der Waals surface area contributed by atoms with Crippen LogP contribution in [0, 0.1) is 5.82 Å². The standard InChI is InChI=1S/C11H15ClFNO2/c1-16-5-4-14-11(7-15)9-3-2-8(12)6-10(9)13/h2-3,6,11,14-15H,4-5,7H2,1H3. The molecule has 1 atom stereocenters. The quantitative estimate of drug-likeness (QED) is 0.753. The van der Waals surface area contributed by atoms with Crippen LogP contribution >= 0.6 is 11.6 Å². The average molecular weight is 248 g/mol. The normalized spacial score (nSPS) is 12.8. The summed E-state index contributed by atoms with van der Waals surface area (Å²) in [6.45, 7) is 0.873. The Balaban J connectivity index is 2.70. The minimum atomic E-state index is -0.438. The lowest BCUT2D eigenvalue weighted by atomic mass is 10.1. The number of aliphatic hydroxyl groups is 1. The molecule has 1 aromatic rings. The monoisotopic (exact) mass is 247 g/mol. The van der Waals surface area contributed by atoms with Crippen LogP contribution in [0.25, 0.3) is 0 Å². The molecule has 0 aliphatic carbocycles. The Hall–Kier alpha value is -0.680. The fourth-order valence-electron chi connectivity index (χ4n) is 1.39. The van der Waals surface area contributed by atoms with Gasteiger partial charge in [0.05, 0.1) is 19.3 Å². The van der Waals surface area contributed by atoms with Crippen molar-refractivity contribution >= 4 is 11.6 Å². The third-order valence-corrected chi connectivity index (χ3v) is 2.45. The average Bonchev–Trinajstić information content (AvgIpc) is 2.26. The number of nitrogens with one attached hydrogen (secondary N) is 1. The lowest BCUT2D eigenvalue weighted by molar-refractivity contribution is 0.183. The van der Waals surface area contributed by atoms with Gasteiger partial charge in [0.15, 0.2) is 0 Å². The van der Waals surface area contributed by atoms with Crippen molar-refractivity contribution in [3.05, 3.63) is 34.6 Å². The molecule has 0 spiro atoms. The molecule has 0 aromatic heterocycles. The molecule has 0 fully saturated rings. The molecule has 0 saturated heterocycles. The largest absolute Gasteiger partial charge is 0.394 e. The second-order valence-corrected chi connectivity index (χ2v) is 3.78. The maximum atomic E-state index is 13.5. The molecule has 1 unspecified atom stereocenters. The third kappa shape index (κ3) is 3.72. The first-order chi connectivity index (χ1) is 7.69. The van der Waals surface area contributed by atoms with E-state index in [1.54, 1.807) is 19.2 Å². The first-order valence-corrected chi connectivity index (χ1v) is 5.35. The highest BCUT2D eigenvalue weighted by Gasteiger charge is 2.14. The van der Waals surface area contributed by atoms with E-state index in [0.717, 1.165) is 0 Å². The van der Waals surface area contributed by atoms with E-state index in [4.69, 9.17) is 21.4 Å². The maximum Gasteiger partial charge on any atom is 0.129 e. The third-order valence-electron chi connectivity index (χ3n) is 2.22. The van der Waals surface area contributed by atoms with Crippen molar-refractivity contribution in [3.8, 4) is 0 Å². The van der Waals surface area contributed by atoms with E-state index in [9.17, 15) is 4.39 Å². The number of hydrogen-bond acceptors (Lipinski definition) is 3. The number of hydrogen-bond donors (Lipinski definition) is 2. The Labute approximate surface area is 99.2 Å². The molecule has 1 aromatic carbocycles. The van der Waals surface area contributed by atoms with Gasteiger partial charge >= 0.3 is 0 Å². The smallest absolute Gasteiger partial charge is 0.129 e. The molecule has 5 heteroatoms. The van der Waals surface area contributed by atoms with Crippen LogP contribution in [0.5, 0.6) is 0 Å². The minimum Gasteiger partial charge on any atom is -0.394 e. The molecule has 0 aliphatic heterocycles. The number of ether oxygens (including phenoxy) is 1. The van der Waals surface area contributed by atoms with Crippen LogP contribution in [0.2, 0.25) is 5.02 Å². The van der Waals surface area contributed by atoms with Gasteiger partial charge < -0.3 is 15.2 Å². The highest BCUT2D eigenvalue weighted by atomic mass is 35.5. The van der Waals surface area contributed by atoms with E-state index in [1.807, 2.05) is 0 Å². The summed E-state index contributed by atoms with van der Waals surface area (Å²) < 4.78 is 18.4. The number of halogens is 2. The van der Waals surface area contributed by atoms with Gasteiger partial charge in [-0.15, -0.1) is 0 Å². The van der Waals surface area contributed by atoms with Crippen LogP contribution in [-0.4, -0.2) is 32.0 Å². The summed E-state index contributed by atoms with van der Waals surface area (Å²) in [4.78, 5) is 0. The Morgan fingerprint density at radius 1 is 1.56 bits per heavy atom. The summed E-state index contributed by atoms with van der Waals surface area (Å²) in [5, 5.41) is 12.5. The molecule has 2 N–H and O–H groups in total. The number of benzene rings is 1. The van der Waals surface area contributed by atoms with Crippen molar-refractivity contribution in [2.24, 2.45) is 0 Å².